The van der Waals surface area contributed by atoms with Gasteiger partial charge in [-0.1, -0.05) is 16.8 Å². The molecular formula is C30H33ClN8O3. The number of pyridine rings is 2. The van der Waals surface area contributed by atoms with Gasteiger partial charge in [-0.15, -0.1) is 12.3 Å². The summed E-state index contributed by atoms with van der Waals surface area (Å²) in [7, 11) is 0. The van der Waals surface area contributed by atoms with Crippen LogP contribution in [0.3, 0.4) is 0 Å². The molecule has 4 aromatic heterocycles. The lowest BCUT2D eigenvalue weighted by molar-refractivity contribution is -0.130. The summed E-state index contributed by atoms with van der Waals surface area (Å²) in [6.07, 6.45) is 13.1. The van der Waals surface area contributed by atoms with Crippen molar-refractivity contribution >= 4 is 34.5 Å². The van der Waals surface area contributed by atoms with E-state index in [4.69, 9.17) is 32.5 Å². The van der Waals surface area contributed by atoms with Gasteiger partial charge in [0.1, 0.15) is 5.69 Å². The minimum atomic E-state index is -0.669. The smallest absolute Gasteiger partial charge is 0.339 e. The first kappa shape index (κ1) is 28.0. The van der Waals surface area contributed by atoms with Gasteiger partial charge in [-0.25, -0.2) is 14.8 Å². The van der Waals surface area contributed by atoms with E-state index < -0.39 is 5.76 Å². The summed E-state index contributed by atoms with van der Waals surface area (Å²) in [5, 5.41) is 4.35. The fourth-order valence-electron chi connectivity index (χ4n) is 6.46. The molecule has 11 nitrogen and oxygen atoms in total. The van der Waals surface area contributed by atoms with E-state index in [0.717, 1.165) is 43.7 Å². The first-order valence-corrected chi connectivity index (χ1v) is 14.7. The van der Waals surface area contributed by atoms with E-state index >= 15 is 0 Å². The highest BCUT2D eigenvalue weighted by atomic mass is 35.5. The summed E-state index contributed by atoms with van der Waals surface area (Å²) in [6, 6.07) is 3.69. The second kappa shape index (κ2) is 11.2. The summed E-state index contributed by atoms with van der Waals surface area (Å²) in [6.45, 7) is 7.80. The predicted octanol–water partition coefficient (Wildman–Crippen LogP) is 4.38. The molecule has 1 aliphatic carbocycles. The van der Waals surface area contributed by atoms with Gasteiger partial charge in [-0.2, -0.15) is 0 Å². The average molecular weight is 589 g/mol. The fourth-order valence-corrected chi connectivity index (χ4v) is 6.64. The molecule has 1 saturated heterocycles. The van der Waals surface area contributed by atoms with Crippen molar-refractivity contribution in [2.45, 2.75) is 65.1 Å². The second-order valence-electron chi connectivity index (χ2n) is 11.5. The highest BCUT2D eigenvalue weighted by molar-refractivity contribution is 6.30. The topological polar surface area (TPSA) is 126 Å². The minimum absolute atomic E-state index is 0.0287. The van der Waals surface area contributed by atoms with Crippen LogP contribution in [0.2, 0.25) is 5.02 Å². The largest absolute Gasteiger partial charge is 0.439 e. The lowest BCUT2D eigenvalue weighted by Gasteiger charge is -2.45. The summed E-state index contributed by atoms with van der Waals surface area (Å²) in [5.74, 6) is 4.08. The molecule has 6 rings (SSSR count). The van der Waals surface area contributed by atoms with Crippen LogP contribution in [0, 0.1) is 24.2 Å². The number of halogens is 1. The van der Waals surface area contributed by atoms with Gasteiger partial charge in [0, 0.05) is 62.5 Å². The molecule has 1 saturated carbocycles. The monoisotopic (exact) mass is 588 g/mol. The maximum atomic E-state index is 12.3. The zero-order chi connectivity index (χ0) is 29.5. The second-order valence-corrected chi connectivity index (χ2v) is 11.9. The van der Waals surface area contributed by atoms with Crippen LogP contribution in [-0.2, 0) is 11.3 Å². The number of aromatic amines is 1. The molecule has 2 unspecified atom stereocenters. The van der Waals surface area contributed by atoms with Crippen molar-refractivity contribution in [3.63, 3.8) is 0 Å². The van der Waals surface area contributed by atoms with Crippen LogP contribution >= 0.6 is 11.6 Å². The summed E-state index contributed by atoms with van der Waals surface area (Å²) in [4.78, 5) is 45.4. The molecule has 4 aromatic rings. The van der Waals surface area contributed by atoms with Crippen molar-refractivity contribution in [2.24, 2.45) is 11.8 Å². The van der Waals surface area contributed by atoms with E-state index in [1.807, 2.05) is 17.0 Å². The predicted molar refractivity (Wildman–Crippen MR) is 160 cm³/mol. The first-order chi connectivity index (χ1) is 20.2. The van der Waals surface area contributed by atoms with Gasteiger partial charge in [0.2, 0.25) is 17.7 Å². The first-order valence-electron chi connectivity index (χ1n) is 14.3. The lowest BCUT2D eigenvalue weighted by Crippen LogP contribution is -2.58. The Balaban J connectivity index is 1.55. The number of carbonyl (C=O) groups is 1. The number of carbonyl (C=O) groups excluding carboxylic acids is 1. The van der Waals surface area contributed by atoms with E-state index in [9.17, 15) is 9.59 Å². The number of terminal acetylenes is 1. The summed E-state index contributed by atoms with van der Waals surface area (Å²) >= 11 is 6.39. The molecule has 42 heavy (non-hydrogen) atoms. The molecule has 5 heterocycles. The SMILES string of the molecule is C#CC1CCC(Cn2c(N3C(C)CN(C(C)=O)CC3C)nc3cc(-c4noc(=O)[nH]4)nc(-c4cncc(Cl)c4)c32)CC1. The van der Waals surface area contributed by atoms with E-state index in [-0.39, 0.29) is 23.8 Å². The Hall–Kier alpha value is -4.17. The van der Waals surface area contributed by atoms with Gasteiger partial charge in [-0.05, 0) is 57.6 Å². The number of nitrogens with zero attached hydrogens (tertiary/aromatic N) is 7. The Labute approximate surface area is 248 Å². The van der Waals surface area contributed by atoms with E-state index in [1.54, 1.807) is 19.3 Å². The highest BCUT2D eigenvalue weighted by Crippen LogP contribution is 2.38. The van der Waals surface area contributed by atoms with Crippen molar-refractivity contribution in [2.75, 3.05) is 18.0 Å². The van der Waals surface area contributed by atoms with Crippen LogP contribution in [0.4, 0.5) is 5.95 Å². The fraction of sp³-hybridized carbons (Fsp3) is 0.467. The summed E-state index contributed by atoms with van der Waals surface area (Å²) < 4.78 is 7.05. The Morgan fingerprint density at radius 1 is 1.14 bits per heavy atom. The molecule has 0 bridgehead atoms. The van der Waals surface area contributed by atoms with Crippen LogP contribution in [0.5, 0.6) is 0 Å². The van der Waals surface area contributed by atoms with Gasteiger partial charge in [0.25, 0.3) is 0 Å². The minimum Gasteiger partial charge on any atom is -0.339 e. The number of hydrogen-bond acceptors (Lipinski definition) is 8. The Morgan fingerprint density at radius 2 is 1.88 bits per heavy atom. The van der Waals surface area contributed by atoms with Gasteiger partial charge in [0.05, 0.1) is 21.7 Å². The number of imidazole rings is 1. The van der Waals surface area contributed by atoms with E-state index in [0.29, 0.717) is 52.4 Å². The third-order valence-electron chi connectivity index (χ3n) is 8.48. The standard InChI is InChI=1S/C30H33ClN8O3/c1-5-20-6-8-21(9-7-20)16-38-27-24(34-29(38)39-17(2)14-37(19(4)40)15-18(39)3)11-25(28-35-30(41)42-36-28)33-26(27)22-10-23(31)13-32-12-22/h1,10-13,17-18,20-21H,6-9,14-16H2,2-4H3,(H,35,36,41). The molecule has 1 amide bonds. The molecule has 218 valence electrons. The van der Waals surface area contributed by atoms with E-state index in [1.165, 1.54) is 0 Å². The van der Waals surface area contributed by atoms with Crippen molar-refractivity contribution in [1.82, 2.24) is 34.6 Å². The molecule has 12 heteroatoms. The van der Waals surface area contributed by atoms with E-state index in [2.05, 4.69) is 44.4 Å². The van der Waals surface area contributed by atoms with Crippen molar-refractivity contribution < 1.29 is 9.32 Å². The lowest BCUT2D eigenvalue weighted by atomic mass is 9.82. The maximum Gasteiger partial charge on any atom is 0.439 e. The number of nitrogens with one attached hydrogen (secondary N) is 1. The number of hydrogen-bond donors (Lipinski definition) is 1. The molecule has 0 aromatic carbocycles. The van der Waals surface area contributed by atoms with Gasteiger partial charge < -0.3 is 14.4 Å². The molecule has 2 fully saturated rings. The number of fused-ring (bicyclic) bond motifs is 1. The van der Waals surface area contributed by atoms with Crippen LogP contribution in [-0.4, -0.2) is 65.6 Å². The summed E-state index contributed by atoms with van der Waals surface area (Å²) in [5.41, 5.74) is 3.29. The van der Waals surface area contributed by atoms with Crippen molar-refractivity contribution in [3.05, 3.63) is 40.1 Å². The Kier molecular flexibility index (Phi) is 7.49. The quantitative estimate of drug-likeness (QED) is 0.341. The molecule has 0 spiro atoms. The van der Waals surface area contributed by atoms with Gasteiger partial charge in [-0.3, -0.25) is 19.3 Å². The zero-order valence-corrected chi connectivity index (χ0v) is 24.6. The molecule has 2 aliphatic rings. The number of piperazine rings is 1. The molecular weight excluding hydrogens is 556 g/mol. The zero-order valence-electron chi connectivity index (χ0n) is 23.9. The van der Waals surface area contributed by atoms with Gasteiger partial charge >= 0.3 is 5.76 Å². The van der Waals surface area contributed by atoms with Crippen molar-refractivity contribution in [3.8, 4) is 35.1 Å². The Bertz CT molecular complexity index is 1720. The molecule has 2 atom stereocenters. The maximum absolute atomic E-state index is 12.3. The molecule has 1 N–H and O–H groups in total. The highest BCUT2D eigenvalue weighted by Gasteiger charge is 2.35. The normalized spacial score (nSPS) is 22.8. The van der Waals surface area contributed by atoms with Crippen LogP contribution in [0.25, 0.3) is 33.8 Å². The van der Waals surface area contributed by atoms with Crippen LogP contribution in [0.1, 0.15) is 46.5 Å². The number of amides is 1. The third kappa shape index (κ3) is 5.27. The van der Waals surface area contributed by atoms with Crippen molar-refractivity contribution in [1.29, 1.82) is 0 Å². The molecule has 1 aliphatic heterocycles. The van der Waals surface area contributed by atoms with Crippen LogP contribution in [0.15, 0.2) is 33.8 Å². The average Bonchev–Trinajstić information content (AvgIpc) is 3.56. The number of aromatic nitrogens is 6. The number of anilines is 1. The molecule has 0 radical (unpaired) electrons. The van der Waals surface area contributed by atoms with Gasteiger partial charge in [0.15, 0.2) is 0 Å². The third-order valence-corrected chi connectivity index (χ3v) is 8.69. The van der Waals surface area contributed by atoms with Crippen LogP contribution < -0.4 is 10.7 Å². The Morgan fingerprint density at radius 3 is 2.50 bits per heavy atom. The number of rotatable bonds is 5. The number of H-pyrrole nitrogens is 1.